The van der Waals surface area contributed by atoms with E-state index in [1.807, 2.05) is 12.1 Å². The number of benzene rings is 1. The number of pyridine rings is 1. The Hall–Kier alpha value is -2.28. The minimum Gasteiger partial charge on any atom is -0.327 e. The van der Waals surface area contributed by atoms with Gasteiger partial charge in [-0.05, 0) is 23.7 Å². The number of aromatic nitrogens is 3. The van der Waals surface area contributed by atoms with Crippen LogP contribution in [-0.2, 0) is 6.18 Å². The van der Waals surface area contributed by atoms with Gasteiger partial charge in [0.2, 0.25) is 0 Å². The number of alkyl halides is 3. The van der Waals surface area contributed by atoms with Crippen molar-refractivity contribution in [3.63, 3.8) is 0 Å². The van der Waals surface area contributed by atoms with E-state index in [1.54, 1.807) is 18.3 Å². The zero-order valence-electron chi connectivity index (χ0n) is 10.5. The third-order valence-corrected chi connectivity index (χ3v) is 3.19. The summed E-state index contributed by atoms with van der Waals surface area (Å²) in [6.07, 6.45) is -1.38. The Morgan fingerprint density at radius 1 is 1.10 bits per heavy atom. The molecule has 0 radical (unpaired) electrons. The van der Waals surface area contributed by atoms with Crippen LogP contribution in [0.5, 0.6) is 0 Å². The highest BCUT2D eigenvalue weighted by atomic mass is 32.1. The average Bonchev–Trinajstić information content (AvgIpc) is 2.45. The van der Waals surface area contributed by atoms with E-state index >= 15 is 0 Å². The van der Waals surface area contributed by atoms with E-state index in [2.05, 4.69) is 15.0 Å². The normalized spacial score (nSPS) is 11.8. The highest BCUT2D eigenvalue weighted by Crippen LogP contribution is 2.31. The lowest BCUT2D eigenvalue weighted by Gasteiger charge is -2.10. The van der Waals surface area contributed by atoms with Crippen LogP contribution >= 0.6 is 12.2 Å². The van der Waals surface area contributed by atoms with Crippen molar-refractivity contribution < 1.29 is 13.2 Å². The molecule has 3 rings (SSSR count). The van der Waals surface area contributed by atoms with Gasteiger partial charge in [0.15, 0.2) is 4.77 Å². The van der Waals surface area contributed by atoms with Gasteiger partial charge in [0, 0.05) is 23.3 Å². The van der Waals surface area contributed by atoms with E-state index < -0.39 is 11.9 Å². The number of fused-ring (bicyclic) bond motifs is 1. The molecule has 3 nitrogen and oxygen atoms in total. The van der Waals surface area contributed by atoms with Crippen molar-refractivity contribution in [2.75, 3.05) is 0 Å². The van der Waals surface area contributed by atoms with E-state index in [0.29, 0.717) is 5.56 Å². The maximum atomic E-state index is 12.9. The van der Waals surface area contributed by atoms with Crippen LogP contribution in [0.15, 0.2) is 42.7 Å². The Balaban J connectivity index is 2.29. The summed E-state index contributed by atoms with van der Waals surface area (Å²) in [4.78, 5) is 10.1. The van der Waals surface area contributed by atoms with Gasteiger partial charge in [0.1, 0.15) is 5.69 Å². The van der Waals surface area contributed by atoms with Crippen molar-refractivity contribution in [2.45, 2.75) is 6.18 Å². The molecule has 106 valence electrons. The number of nitrogens with zero attached hydrogens (tertiary/aromatic N) is 2. The molecule has 0 atom stereocenters. The first-order valence-corrected chi connectivity index (χ1v) is 6.37. The summed E-state index contributed by atoms with van der Waals surface area (Å²) >= 11 is 4.79. The van der Waals surface area contributed by atoms with Gasteiger partial charge in [-0.3, -0.25) is 4.98 Å². The van der Waals surface area contributed by atoms with Crippen LogP contribution in [0.4, 0.5) is 13.2 Å². The number of aromatic amines is 1. The summed E-state index contributed by atoms with van der Waals surface area (Å²) in [5.74, 6) is 0. The van der Waals surface area contributed by atoms with Crippen molar-refractivity contribution in [1.82, 2.24) is 15.0 Å². The maximum Gasteiger partial charge on any atom is 0.431 e. The van der Waals surface area contributed by atoms with E-state index in [-0.39, 0.29) is 10.5 Å². The molecule has 0 spiro atoms. The first-order chi connectivity index (χ1) is 9.95. The Labute approximate surface area is 122 Å². The van der Waals surface area contributed by atoms with Crippen LogP contribution < -0.4 is 0 Å². The smallest absolute Gasteiger partial charge is 0.327 e. The predicted octanol–water partition coefficient (Wildman–Crippen LogP) is 4.37. The van der Waals surface area contributed by atoms with Gasteiger partial charge in [-0.2, -0.15) is 13.2 Å². The van der Waals surface area contributed by atoms with Crippen molar-refractivity contribution in [1.29, 1.82) is 0 Å². The number of rotatable bonds is 1. The van der Waals surface area contributed by atoms with E-state index in [4.69, 9.17) is 12.2 Å². The number of nitrogens with one attached hydrogen (secondary N) is 1. The third kappa shape index (κ3) is 2.64. The largest absolute Gasteiger partial charge is 0.431 e. The minimum atomic E-state index is -4.51. The molecule has 3 aromatic rings. The summed E-state index contributed by atoms with van der Waals surface area (Å²) < 4.78 is 38.4. The van der Waals surface area contributed by atoms with Crippen molar-refractivity contribution in [3.8, 4) is 11.3 Å². The lowest BCUT2D eigenvalue weighted by Crippen LogP contribution is -2.09. The van der Waals surface area contributed by atoms with Crippen molar-refractivity contribution >= 4 is 23.0 Å². The molecule has 0 aliphatic heterocycles. The molecule has 0 aliphatic carbocycles. The number of hydrogen-bond donors (Lipinski definition) is 1. The highest BCUT2D eigenvalue weighted by molar-refractivity contribution is 7.71. The fourth-order valence-electron chi connectivity index (χ4n) is 2.07. The van der Waals surface area contributed by atoms with Gasteiger partial charge >= 0.3 is 6.18 Å². The molecule has 0 saturated carbocycles. The number of H-pyrrole nitrogens is 1. The van der Waals surface area contributed by atoms with Gasteiger partial charge in [0.05, 0.1) is 5.69 Å². The molecule has 0 saturated heterocycles. The van der Waals surface area contributed by atoms with Crippen LogP contribution in [0.25, 0.3) is 22.0 Å². The first kappa shape index (κ1) is 13.7. The zero-order valence-corrected chi connectivity index (χ0v) is 11.3. The summed E-state index contributed by atoms with van der Waals surface area (Å²) in [7, 11) is 0. The Morgan fingerprint density at radius 3 is 2.62 bits per heavy atom. The number of hydrogen-bond acceptors (Lipinski definition) is 3. The fraction of sp³-hybridized carbons (Fsp3) is 0.0714. The molecule has 2 aromatic heterocycles. The SMILES string of the molecule is FC(F)(F)c1cc(-c2cncc3ccccc23)nc(=S)[nH]1. The molecule has 0 aliphatic rings. The van der Waals surface area contributed by atoms with Crippen LogP contribution in [0, 0.1) is 4.77 Å². The van der Waals surface area contributed by atoms with Gasteiger partial charge < -0.3 is 4.98 Å². The van der Waals surface area contributed by atoms with E-state index in [1.165, 1.54) is 6.20 Å². The van der Waals surface area contributed by atoms with Crippen molar-refractivity contribution in [2.24, 2.45) is 0 Å². The molecule has 21 heavy (non-hydrogen) atoms. The standard InChI is InChI=1S/C14H8F3N3S/c15-14(16,17)12-5-11(19-13(21)20-12)10-7-18-6-8-3-1-2-4-9(8)10/h1-7H,(H,19,20,21). The second-order valence-corrected chi connectivity index (χ2v) is 4.78. The van der Waals surface area contributed by atoms with Gasteiger partial charge in [-0.1, -0.05) is 24.3 Å². The molecule has 1 N–H and O–H groups in total. The zero-order chi connectivity index (χ0) is 15.0. The molecule has 7 heteroatoms. The Morgan fingerprint density at radius 2 is 1.86 bits per heavy atom. The van der Waals surface area contributed by atoms with E-state index in [9.17, 15) is 13.2 Å². The first-order valence-electron chi connectivity index (χ1n) is 5.97. The third-order valence-electron chi connectivity index (χ3n) is 2.99. The minimum absolute atomic E-state index is 0.148. The van der Waals surface area contributed by atoms with E-state index in [0.717, 1.165) is 16.8 Å². The molecule has 2 heterocycles. The topological polar surface area (TPSA) is 41.6 Å². The summed E-state index contributed by atoms with van der Waals surface area (Å²) in [5.41, 5.74) is -0.264. The fourth-order valence-corrected chi connectivity index (χ4v) is 2.28. The van der Waals surface area contributed by atoms with Crippen LogP contribution in [0.2, 0.25) is 0 Å². The summed E-state index contributed by atoms with van der Waals surface area (Å²) in [6, 6.07) is 8.22. The molecular weight excluding hydrogens is 299 g/mol. The van der Waals surface area contributed by atoms with Crippen LogP contribution in [-0.4, -0.2) is 15.0 Å². The van der Waals surface area contributed by atoms with Gasteiger partial charge in [0.25, 0.3) is 0 Å². The predicted molar refractivity (Wildman–Crippen MR) is 75.2 cm³/mol. The molecule has 1 aromatic carbocycles. The van der Waals surface area contributed by atoms with Crippen molar-refractivity contribution in [3.05, 3.63) is 53.2 Å². The maximum absolute atomic E-state index is 12.9. The monoisotopic (exact) mass is 307 g/mol. The molecule has 0 unspecified atom stereocenters. The summed E-state index contributed by atoms with van der Waals surface area (Å²) in [5, 5.41) is 1.60. The lowest BCUT2D eigenvalue weighted by molar-refractivity contribution is -0.141. The lowest BCUT2D eigenvalue weighted by atomic mass is 10.0. The van der Waals surface area contributed by atoms with Gasteiger partial charge in [-0.25, -0.2) is 4.98 Å². The summed E-state index contributed by atoms with van der Waals surface area (Å²) in [6.45, 7) is 0. The second kappa shape index (κ2) is 4.92. The van der Waals surface area contributed by atoms with Gasteiger partial charge in [-0.15, -0.1) is 0 Å². The average molecular weight is 307 g/mol. The van der Waals surface area contributed by atoms with Crippen LogP contribution in [0.1, 0.15) is 5.69 Å². The molecule has 0 fully saturated rings. The Bertz CT molecular complexity index is 866. The molecular formula is C14H8F3N3S. The quantitative estimate of drug-likeness (QED) is 0.679. The molecule has 0 bridgehead atoms. The highest BCUT2D eigenvalue weighted by Gasteiger charge is 2.32. The van der Waals surface area contributed by atoms with Crippen LogP contribution in [0.3, 0.4) is 0 Å². The molecule has 0 amide bonds. The second-order valence-electron chi connectivity index (χ2n) is 4.39. The number of halogens is 3. The Kier molecular flexibility index (Phi) is 3.21.